The molecule has 4 rings (SSSR count). The van der Waals surface area contributed by atoms with Gasteiger partial charge in [0.05, 0.1) is 11.1 Å². The lowest BCUT2D eigenvalue weighted by Gasteiger charge is -2.07. The fourth-order valence-corrected chi connectivity index (χ4v) is 3.73. The Balaban J connectivity index is 1.72. The molecule has 3 aromatic carbocycles. The first-order chi connectivity index (χ1) is 14.0. The Bertz CT molecular complexity index is 1210. The van der Waals surface area contributed by atoms with Crippen molar-refractivity contribution in [2.45, 2.75) is 6.54 Å². The Morgan fingerprint density at radius 2 is 1.62 bits per heavy atom. The molecule has 0 saturated carbocycles. The Kier molecular flexibility index (Phi) is 5.52. The molecular weight excluding hydrogens is 408 g/mol. The molecule has 0 N–H and O–H groups in total. The lowest BCUT2D eigenvalue weighted by atomic mass is 10.1. The van der Waals surface area contributed by atoms with Crippen molar-refractivity contribution >= 4 is 46.0 Å². The van der Waals surface area contributed by atoms with Crippen molar-refractivity contribution in [1.82, 2.24) is 4.57 Å². The van der Waals surface area contributed by atoms with E-state index < -0.39 is 0 Å². The predicted octanol–water partition coefficient (Wildman–Crippen LogP) is 7.03. The number of carbonyl (C=O) groups excluding carboxylic acids is 1. The van der Waals surface area contributed by atoms with E-state index in [0.717, 1.165) is 22.0 Å². The number of nitrogens with zero attached hydrogens (tertiary/aromatic N) is 1. The van der Waals surface area contributed by atoms with Gasteiger partial charge in [0.2, 0.25) is 0 Å². The second-order valence-electron chi connectivity index (χ2n) is 6.64. The fraction of sp³-hybridized carbons (Fsp3) is 0.0417. The molecule has 0 atom stereocenters. The second-order valence-corrected chi connectivity index (χ2v) is 7.44. The lowest BCUT2D eigenvalue weighted by Crippen LogP contribution is -2.01. The van der Waals surface area contributed by atoms with Crippen LogP contribution in [0.25, 0.3) is 17.0 Å². The molecule has 0 saturated heterocycles. The summed E-state index contributed by atoms with van der Waals surface area (Å²) in [5.41, 5.74) is 3.10. The molecule has 1 heterocycles. The first-order valence-corrected chi connectivity index (χ1v) is 9.77. The van der Waals surface area contributed by atoms with Crippen LogP contribution in [0.2, 0.25) is 10.2 Å². The van der Waals surface area contributed by atoms with Gasteiger partial charge in [-0.1, -0.05) is 71.7 Å². The van der Waals surface area contributed by atoms with E-state index in [4.69, 9.17) is 23.2 Å². The van der Waals surface area contributed by atoms with Crippen molar-refractivity contribution in [3.8, 4) is 0 Å². The molecule has 0 aliphatic rings. The van der Waals surface area contributed by atoms with Crippen molar-refractivity contribution in [2.24, 2.45) is 0 Å². The topological polar surface area (TPSA) is 22.0 Å². The third-order valence-corrected chi connectivity index (χ3v) is 5.35. The summed E-state index contributed by atoms with van der Waals surface area (Å²) in [6.45, 7) is 0.519. The third-order valence-electron chi connectivity index (χ3n) is 4.70. The monoisotopic (exact) mass is 423 g/mol. The molecule has 0 aliphatic carbocycles. The van der Waals surface area contributed by atoms with Gasteiger partial charge in [-0.25, -0.2) is 4.39 Å². The number of halogens is 3. The molecule has 0 radical (unpaired) electrons. The van der Waals surface area contributed by atoms with E-state index >= 15 is 0 Å². The second kappa shape index (κ2) is 8.24. The van der Waals surface area contributed by atoms with E-state index in [0.29, 0.717) is 22.3 Å². The average Bonchev–Trinajstić information content (AvgIpc) is 3.01. The molecule has 1 aromatic heterocycles. The van der Waals surface area contributed by atoms with Crippen LogP contribution in [0.15, 0.2) is 78.9 Å². The van der Waals surface area contributed by atoms with Gasteiger partial charge in [-0.3, -0.25) is 4.79 Å². The maximum absolute atomic E-state index is 13.1. The largest absolute Gasteiger partial charge is 0.327 e. The Morgan fingerprint density at radius 3 is 2.34 bits per heavy atom. The summed E-state index contributed by atoms with van der Waals surface area (Å²) in [4.78, 5) is 13.0. The van der Waals surface area contributed by atoms with Gasteiger partial charge in [0.25, 0.3) is 0 Å². The van der Waals surface area contributed by atoms with Crippen molar-refractivity contribution in [3.05, 3.63) is 112 Å². The van der Waals surface area contributed by atoms with Crippen LogP contribution in [0.4, 0.5) is 4.39 Å². The molecule has 5 heteroatoms. The van der Waals surface area contributed by atoms with E-state index in [9.17, 15) is 9.18 Å². The van der Waals surface area contributed by atoms with Gasteiger partial charge in [0.1, 0.15) is 11.0 Å². The van der Waals surface area contributed by atoms with Crippen LogP contribution >= 0.6 is 23.2 Å². The average molecular weight is 424 g/mol. The van der Waals surface area contributed by atoms with Crippen LogP contribution in [0.5, 0.6) is 0 Å². The minimum absolute atomic E-state index is 0.203. The number of rotatable bonds is 5. The van der Waals surface area contributed by atoms with Crippen LogP contribution < -0.4 is 0 Å². The summed E-state index contributed by atoms with van der Waals surface area (Å²) >= 11 is 12.6. The van der Waals surface area contributed by atoms with Crippen LogP contribution in [0.3, 0.4) is 0 Å². The van der Waals surface area contributed by atoms with Crippen molar-refractivity contribution in [2.75, 3.05) is 0 Å². The van der Waals surface area contributed by atoms with Gasteiger partial charge in [-0.15, -0.1) is 0 Å². The molecule has 0 fully saturated rings. The van der Waals surface area contributed by atoms with Crippen molar-refractivity contribution < 1.29 is 9.18 Å². The minimum Gasteiger partial charge on any atom is -0.327 e. The van der Waals surface area contributed by atoms with Crippen LogP contribution in [-0.2, 0) is 6.54 Å². The first kappa shape index (κ1) is 19.4. The standard InChI is InChI=1S/C24H16Cl2FNO/c25-18-10-5-17(6-11-18)15-28-21-4-2-1-3-20(21)23(24(28)26)22(29)14-9-16-7-12-19(27)13-8-16/h1-14H,15H2/b14-9+. The van der Waals surface area contributed by atoms with Gasteiger partial charge in [-0.05, 0) is 47.5 Å². The highest BCUT2D eigenvalue weighted by Gasteiger charge is 2.19. The molecule has 2 nitrogen and oxygen atoms in total. The molecule has 0 aliphatic heterocycles. The fourth-order valence-electron chi connectivity index (χ4n) is 3.26. The summed E-state index contributed by atoms with van der Waals surface area (Å²) in [6, 6.07) is 21.1. The summed E-state index contributed by atoms with van der Waals surface area (Å²) in [5, 5.41) is 1.84. The van der Waals surface area contributed by atoms with E-state index in [2.05, 4.69) is 0 Å². The summed E-state index contributed by atoms with van der Waals surface area (Å²) in [5.74, 6) is -0.521. The number of hydrogen-bond donors (Lipinski definition) is 0. The van der Waals surface area contributed by atoms with Gasteiger partial charge in [-0.2, -0.15) is 0 Å². The van der Waals surface area contributed by atoms with Crippen LogP contribution in [0.1, 0.15) is 21.5 Å². The number of allylic oxidation sites excluding steroid dienone is 1. The van der Waals surface area contributed by atoms with E-state index in [1.54, 1.807) is 18.2 Å². The van der Waals surface area contributed by atoms with Crippen LogP contribution in [0, 0.1) is 5.82 Å². The molecule has 144 valence electrons. The zero-order valence-corrected chi connectivity index (χ0v) is 16.8. The van der Waals surface area contributed by atoms with Crippen LogP contribution in [-0.4, -0.2) is 10.4 Å². The molecule has 0 spiro atoms. The molecular formula is C24H16Cl2FNO. The number of fused-ring (bicyclic) bond motifs is 1. The quantitative estimate of drug-likeness (QED) is 0.249. The highest BCUT2D eigenvalue weighted by molar-refractivity contribution is 6.36. The molecule has 0 amide bonds. The third kappa shape index (κ3) is 4.12. The van der Waals surface area contributed by atoms with E-state index in [1.807, 2.05) is 53.1 Å². The first-order valence-electron chi connectivity index (χ1n) is 9.02. The number of aromatic nitrogens is 1. The van der Waals surface area contributed by atoms with Crippen molar-refractivity contribution in [1.29, 1.82) is 0 Å². The molecule has 29 heavy (non-hydrogen) atoms. The zero-order valence-electron chi connectivity index (χ0n) is 15.3. The lowest BCUT2D eigenvalue weighted by molar-refractivity contribution is 0.104. The summed E-state index contributed by atoms with van der Waals surface area (Å²) in [7, 11) is 0. The summed E-state index contributed by atoms with van der Waals surface area (Å²) in [6.07, 6.45) is 3.12. The SMILES string of the molecule is O=C(/C=C/c1ccc(F)cc1)c1c(Cl)n(Cc2ccc(Cl)cc2)c2ccccc12. The van der Waals surface area contributed by atoms with Gasteiger partial charge in [0.15, 0.2) is 5.78 Å². The number of benzene rings is 3. The van der Waals surface area contributed by atoms with Gasteiger partial charge >= 0.3 is 0 Å². The van der Waals surface area contributed by atoms with E-state index in [-0.39, 0.29) is 11.6 Å². The minimum atomic E-state index is -0.318. The maximum atomic E-state index is 13.1. The maximum Gasteiger partial charge on any atom is 0.189 e. The Morgan fingerprint density at radius 1 is 0.931 bits per heavy atom. The van der Waals surface area contributed by atoms with E-state index in [1.165, 1.54) is 18.2 Å². The molecule has 0 bridgehead atoms. The normalized spacial score (nSPS) is 11.4. The highest BCUT2D eigenvalue weighted by Crippen LogP contribution is 2.32. The highest BCUT2D eigenvalue weighted by atomic mass is 35.5. The molecule has 0 unspecified atom stereocenters. The number of hydrogen-bond acceptors (Lipinski definition) is 1. The Hall–Kier alpha value is -2.88. The number of ketones is 1. The molecule has 4 aromatic rings. The van der Waals surface area contributed by atoms with Crippen molar-refractivity contribution in [3.63, 3.8) is 0 Å². The Labute approximate surface area is 177 Å². The zero-order chi connectivity index (χ0) is 20.4. The smallest absolute Gasteiger partial charge is 0.189 e. The number of carbonyl (C=O) groups is 1. The van der Waals surface area contributed by atoms with Gasteiger partial charge in [0, 0.05) is 17.0 Å². The number of para-hydroxylation sites is 1. The van der Waals surface area contributed by atoms with Gasteiger partial charge < -0.3 is 4.57 Å². The predicted molar refractivity (Wildman–Crippen MR) is 117 cm³/mol. The summed E-state index contributed by atoms with van der Waals surface area (Å²) < 4.78 is 15.0.